The van der Waals surface area contributed by atoms with Crippen LogP contribution in [0.4, 0.5) is 0 Å². The lowest BCUT2D eigenvalue weighted by Gasteiger charge is -2.07. The lowest BCUT2D eigenvalue weighted by atomic mass is 10.0. The zero-order valence-electron chi connectivity index (χ0n) is 6.32. The predicted octanol–water partition coefficient (Wildman–Crippen LogP) is 0.169. The molecule has 0 aliphatic carbocycles. The topological polar surface area (TPSA) is 67.8 Å². The number of amides is 1. The molecule has 4 heteroatoms. The number of nitrogens with zero attached hydrogens (tertiary/aromatic N) is 2. The Hall–Kier alpha value is -1.71. The van der Waals surface area contributed by atoms with Gasteiger partial charge in [0.15, 0.2) is 0 Å². The van der Waals surface area contributed by atoms with Crippen molar-refractivity contribution < 1.29 is 4.79 Å². The zero-order chi connectivity index (χ0) is 8.55. The van der Waals surface area contributed by atoms with Crippen LogP contribution in [0.1, 0.15) is 6.42 Å². The molecule has 0 atom stereocenters. The average molecular weight is 161 g/mol. The molecule has 0 fully saturated rings. The van der Waals surface area contributed by atoms with Gasteiger partial charge in [0.1, 0.15) is 0 Å². The lowest BCUT2D eigenvalue weighted by Crippen LogP contribution is -2.21. The van der Waals surface area contributed by atoms with Crippen LogP contribution in [0, 0.1) is 0 Å². The first-order chi connectivity index (χ1) is 5.77. The highest BCUT2D eigenvalue weighted by Gasteiger charge is 2.18. The van der Waals surface area contributed by atoms with Crippen molar-refractivity contribution in [2.45, 2.75) is 6.42 Å². The van der Waals surface area contributed by atoms with Crippen molar-refractivity contribution in [1.29, 1.82) is 0 Å². The highest BCUT2D eigenvalue weighted by atomic mass is 16.1. The van der Waals surface area contributed by atoms with Gasteiger partial charge in [0, 0.05) is 24.4 Å². The molecule has 0 saturated heterocycles. The minimum absolute atomic E-state index is 0.424. The number of rotatable bonds is 1. The molecule has 2 heterocycles. The van der Waals surface area contributed by atoms with Crippen LogP contribution in [0.25, 0.3) is 0 Å². The molecule has 0 spiro atoms. The second-order valence-electron chi connectivity index (χ2n) is 2.60. The van der Waals surface area contributed by atoms with E-state index in [2.05, 4.69) is 9.98 Å². The van der Waals surface area contributed by atoms with Gasteiger partial charge in [-0.1, -0.05) is 0 Å². The van der Waals surface area contributed by atoms with Crippen molar-refractivity contribution >= 4 is 17.3 Å². The molecule has 2 aliphatic rings. The SMILES string of the molecule is NC(=O)C1=CN=C2C=CN=C2C1. The van der Waals surface area contributed by atoms with Crippen LogP contribution >= 0.6 is 0 Å². The molecule has 0 bridgehead atoms. The highest BCUT2D eigenvalue weighted by molar-refractivity contribution is 6.49. The van der Waals surface area contributed by atoms with Crippen molar-refractivity contribution in [1.82, 2.24) is 0 Å². The van der Waals surface area contributed by atoms with Gasteiger partial charge in [-0.3, -0.25) is 14.8 Å². The zero-order valence-corrected chi connectivity index (χ0v) is 6.32. The van der Waals surface area contributed by atoms with Crippen LogP contribution in [0.3, 0.4) is 0 Å². The second-order valence-corrected chi connectivity index (χ2v) is 2.60. The third kappa shape index (κ3) is 0.972. The molecule has 0 unspecified atom stereocenters. The summed E-state index contributed by atoms with van der Waals surface area (Å²) in [6.07, 6.45) is 5.49. The number of allylic oxidation sites excluding steroid dienone is 1. The van der Waals surface area contributed by atoms with Crippen LogP contribution in [0.15, 0.2) is 34.0 Å². The fraction of sp³-hybridized carbons (Fsp3) is 0.125. The number of hydrogen-bond acceptors (Lipinski definition) is 3. The summed E-state index contributed by atoms with van der Waals surface area (Å²) < 4.78 is 0. The molecule has 0 aromatic rings. The Morgan fingerprint density at radius 1 is 1.50 bits per heavy atom. The van der Waals surface area contributed by atoms with Gasteiger partial charge in [0.2, 0.25) is 5.91 Å². The van der Waals surface area contributed by atoms with Gasteiger partial charge >= 0.3 is 0 Å². The van der Waals surface area contributed by atoms with Crippen LogP contribution in [-0.2, 0) is 4.79 Å². The normalized spacial score (nSPS) is 19.5. The minimum Gasteiger partial charge on any atom is -0.366 e. The Labute approximate surface area is 69.2 Å². The Kier molecular flexibility index (Phi) is 1.40. The van der Waals surface area contributed by atoms with E-state index in [4.69, 9.17) is 5.73 Å². The summed E-state index contributed by atoms with van der Waals surface area (Å²) in [5, 5.41) is 0. The van der Waals surface area contributed by atoms with Gasteiger partial charge in [-0.15, -0.1) is 0 Å². The van der Waals surface area contributed by atoms with E-state index in [1.807, 2.05) is 6.08 Å². The van der Waals surface area contributed by atoms with Gasteiger partial charge in [-0.2, -0.15) is 0 Å². The first kappa shape index (κ1) is 6.97. The Morgan fingerprint density at radius 3 is 3.08 bits per heavy atom. The Morgan fingerprint density at radius 2 is 2.33 bits per heavy atom. The van der Waals surface area contributed by atoms with E-state index < -0.39 is 5.91 Å². The Bertz CT molecular complexity index is 360. The van der Waals surface area contributed by atoms with Gasteiger partial charge < -0.3 is 5.73 Å². The van der Waals surface area contributed by atoms with Crippen LogP contribution in [0.5, 0.6) is 0 Å². The molecule has 0 aromatic carbocycles. The summed E-state index contributed by atoms with van der Waals surface area (Å²) in [6, 6.07) is 0. The van der Waals surface area contributed by atoms with Crippen molar-refractivity contribution in [3.8, 4) is 0 Å². The van der Waals surface area contributed by atoms with Crippen molar-refractivity contribution in [2.24, 2.45) is 15.7 Å². The van der Waals surface area contributed by atoms with E-state index in [1.165, 1.54) is 6.20 Å². The van der Waals surface area contributed by atoms with E-state index in [9.17, 15) is 4.79 Å². The number of hydrogen-bond donors (Lipinski definition) is 1. The third-order valence-electron chi connectivity index (χ3n) is 1.79. The number of aliphatic imine (C=N–C) groups is 2. The van der Waals surface area contributed by atoms with E-state index in [-0.39, 0.29) is 0 Å². The molecule has 0 radical (unpaired) electrons. The summed E-state index contributed by atoms with van der Waals surface area (Å²) in [5.74, 6) is -0.424. The van der Waals surface area contributed by atoms with Gasteiger partial charge in [0.25, 0.3) is 0 Å². The molecular weight excluding hydrogens is 154 g/mol. The maximum atomic E-state index is 10.8. The molecule has 2 rings (SSSR count). The number of carbonyl (C=O) groups excluding carboxylic acids is 1. The number of carbonyl (C=O) groups is 1. The molecule has 1 amide bonds. The summed E-state index contributed by atoms with van der Waals surface area (Å²) in [4.78, 5) is 18.8. The molecule has 4 nitrogen and oxygen atoms in total. The summed E-state index contributed by atoms with van der Waals surface area (Å²) >= 11 is 0. The molecule has 0 aromatic heterocycles. The largest absolute Gasteiger partial charge is 0.366 e. The second kappa shape index (κ2) is 2.41. The summed E-state index contributed by atoms with van der Waals surface area (Å²) in [7, 11) is 0. The summed E-state index contributed by atoms with van der Waals surface area (Å²) in [5.41, 5.74) is 7.27. The Balaban J connectivity index is 2.33. The lowest BCUT2D eigenvalue weighted by molar-refractivity contribution is -0.114. The van der Waals surface area contributed by atoms with Gasteiger partial charge in [-0.05, 0) is 6.08 Å². The molecular formula is C8H7N3O. The van der Waals surface area contributed by atoms with Crippen LogP contribution in [-0.4, -0.2) is 17.3 Å². The first-order valence-electron chi connectivity index (χ1n) is 3.57. The third-order valence-corrected chi connectivity index (χ3v) is 1.79. The smallest absolute Gasteiger partial charge is 0.246 e. The van der Waals surface area contributed by atoms with E-state index in [0.29, 0.717) is 12.0 Å². The number of primary amides is 1. The van der Waals surface area contributed by atoms with Crippen molar-refractivity contribution in [2.75, 3.05) is 0 Å². The van der Waals surface area contributed by atoms with Crippen molar-refractivity contribution in [3.63, 3.8) is 0 Å². The standard InChI is InChI=1S/C8H7N3O/c9-8(12)5-3-7-6(11-4-5)1-2-10-7/h1-2,4H,3H2,(H2,9,12). The fourth-order valence-electron chi connectivity index (χ4n) is 1.14. The molecule has 12 heavy (non-hydrogen) atoms. The first-order valence-corrected chi connectivity index (χ1v) is 3.57. The number of nitrogens with two attached hydrogens (primary N) is 1. The number of fused-ring (bicyclic) bond motifs is 1. The molecule has 60 valence electrons. The molecule has 0 saturated carbocycles. The predicted molar refractivity (Wildman–Crippen MR) is 45.9 cm³/mol. The quantitative estimate of drug-likeness (QED) is 0.585. The van der Waals surface area contributed by atoms with Crippen LogP contribution < -0.4 is 5.73 Å². The highest BCUT2D eigenvalue weighted by Crippen LogP contribution is 2.14. The van der Waals surface area contributed by atoms with E-state index in [1.54, 1.807) is 6.20 Å². The molecule has 2 aliphatic heterocycles. The summed E-state index contributed by atoms with van der Waals surface area (Å²) in [6.45, 7) is 0. The molecule has 2 N–H and O–H groups in total. The fourth-order valence-corrected chi connectivity index (χ4v) is 1.14. The monoisotopic (exact) mass is 161 g/mol. The van der Waals surface area contributed by atoms with Gasteiger partial charge in [0.05, 0.1) is 11.4 Å². The average Bonchev–Trinajstić information content (AvgIpc) is 2.49. The van der Waals surface area contributed by atoms with E-state index >= 15 is 0 Å². The minimum atomic E-state index is -0.424. The van der Waals surface area contributed by atoms with Gasteiger partial charge in [-0.25, -0.2) is 0 Å². The van der Waals surface area contributed by atoms with Crippen LogP contribution in [0.2, 0.25) is 0 Å². The van der Waals surface area contributed by atoms with Crippen molar-refractivity contribution in [3.05, 3.63) is 24.0 Å². The maximum absolute atomic E-state index is 10.8. The maximum Gasteiger partial charge on any atom is 0.246 e. The van der Waals surface area contributed by atoms with E-state index in [0.717, 1.165) is 11.4 Å².